The molecule has 2 heterocycles. The Hall–Kier alpha value is -3.12. The van der Waals surface area contributed by atoms with Crippen molar-refractivity contribution >= 4 is 17.6 Å². The summed E-state index contributed by atoms with van der Waals surface area (Å²) in [5.41, 5.74) is 1.95. The largest absolute Gasteiger partial charge is 0.496 e. The molecular weight excluding hydrogens is 368 g/mol. The third kappa shape index (κ3) is 3.71. The normalized spacial score (nSPS) is 10.5. The van der Waals surface area contributed by atoms with Gasteiger partial charge >= 0.3 is 5.97 Å². The summed E-state index contributed by atoms with van der Waals surface area (Å²) in [5.74, 6) is 0.338. The van der Waals surface area contributed by atoms with Crippen LogP contribution in [0.3, 0.4) is 0 Å². The maximum absolute atomic E-state index is 12.3. The molecule has 0 fully saturated rings. The second kappa shape index (κ2) is 7.63. The van der Waals surface area contributed by atoms with Gasteiger partial charge in [-0.15, -0.1) is 0 Å². The van der Waals surface area contributed by atoms with E-state index >= 15 is 0 Å². The Balaban J connectivity index is 2.29. The number of hydrogen-bond donors (Lipinski definition) is 0. The molecule has 0 aliphatic carbocycles. The van der Waals surface area contributed by atoms with Crippen molar-refractivity contribution in [3.8, 4) is 22.7 Å². The molecule has 0 saturated heterocycles. The highest BCUT2D eigenvalue weighted by Crippen LogP contribution is 2.35. The first kappa shape index (κ1) is 18.7. The van der Waals surface area contributed by atoms with Gasteiger partial charge in [0.2, 0.25) is 0 Å². The zero-order chi connectivity index (χ0) is 19.6. The van der Waals surface area contributed by atoms with Crippen LogP contribution in [0, 0.1) is 6.92 Å². The van der Waals surface area contributed by atoms with Gasteiger partial charge in [-0.3, -0.25) is 9.36 Å². The third-order valence-corrected chi connectivity index (χ3v) is 4.30. The Morgan fingerprint density at radius 2 is 1.89 bits per heavy atom. The minimum Gasteiger partial charge on any atom is -0.496 e. The highest BCUT2D eigenvalue weighted by atomic mass is 35.5. The molecule has 0 saturated carbocycles. The number of esters is 1. The minimum absolute atomic E-state index is 0.225. The molecule has 7 heteroatoms. The number of halogens is 1. The molecule has 0 N–H and O–H groups in total. The number of aromatic nitrogens is 2. The molecule has 3 rings (SSSR count). The van der Waals surface area contributed by atoms with Crippen LogP contribution in [-0.4, -0.2) is 29.7 Å². The highest BCUT2D eigenvalue weighted by Gasteiger charge is 2.19. The van der Waals surface area contributed by atoms with Gasteiger partial charge in [-0.25, -0.2) is 9.78 Å². The number of carbonyl (C=O) groups is 1. The number of carbonyl (C=O) groups excluding carboxylic acids is 1. The smallest absolute Gasteiger partial charge is 0.340 e. The summed E-state index contributed by atoms with van der Waals surface area (Å²) in [6, 6.07) is 10.0. The number of rotatable bonds is 4. The Kier molecular flexibility index (Phi) is 5.28. The SMILES string of the molecule is COC(=O)c1cnc(-n2ccc(C)cc2=O)cc1-c1cc(Cl)ccc1OC. The van der Waals surface area contributed by atoms with Crippen LogP contribution in [0.1, 0.15) is 15.9 Å². The topological polar surface area (TPSA) is 70.4 Å². The molecule has 2 aromatic heterocycles. The van der Waals surface area contributed by atoms with E-state index in [1.54, 1.807) is 36.5 Å². The molecule has 0 spiro atoms. The molecule has 0 aliphatic heterocycles. The fraction of sp³-hybridized carbons (Fsp3) is 0.150. The number of methoxy groups -OCH3 is 2. The van der Waals surface area contributed by atoms with E-state index in [9.17, 15) is 9.59 Å². The molecule has 0 atom stereocenters. The van der Waals surface area contributed by atoms with Crippen molar-refractivity contribution in [1.82, 2.24) is 9.55 Å². The summed E-state index contributed by atoms with van der Waals surface area (Å²) in [7, 11) is 2.82. The average Bonchev–Trinajstić information content (AvgIpc) is 2.67. The van der Waals surface area contributed by atoms with Crippen LogP contribution >= 0.6 is 11.6 Å². The first-order valence-corrected chi connectivity index (χ1v) is 8.44. The monoisotopic (exact) mass is 384 g/mol. The van der Waals surface area contributed by atoms with Gasteiger partial charge in [-0.05, 0) is 42.8 Å². The first-order chi connectivity index (χ1) is 12.9. The van der Waals surface area contributed by atoms with Crippen molar-refractivity contribution in [3.05, 3.63) is 75.3 Å². The minimum atomic E-state index is -0.553. The molecule has 0 amide bonds. The maximum atomic E-state index is 12.3. The average molecular weight is 385 g/mol. The molecule has 138 valence electrons. The molecule has 6 nitrogen and oxygen atoms in total. The van der Waals surface area contributed by atoms with E-state index in [2.05, 4.69) is 4.98 Å². The van der Waals surface area contributed by atoms with Gasteiger partial charge in [-0.1, -0.05) is 11.6 Å². The Labute approximate surface area is 161 Å². The summed E-state index contributed by atoms with van der Waals surface area (Å²) in [6.07, 6.45) is 3.01. The van der Waals surface area contributed by atoms with E-state index < -0.39 is 5.97 Å². The van der Waals surface area contributed by atoms with Gasteiger partial charge in [0, 0.05) is 34.6 Å². The molecule has 3 aromatic rings. The van der Waals surface area contributed by atoms with Crippen molar-refractivity contribution in [2.75, 3.05) is 14.2 Å². The molecule has 0 unspecified atom stereocenters. The van der Waals surface area contributed by atoms with Crippen LogP contribution in [0.5, 0.6) is 5.75 Å². The molecular formula is C20H17ClN2O4. The van der Waals surface area contributed by atoms with Gasteiger partial charge in [0.1, 0.15) is 11.6 Å². The zero-order valence-corrected chi connectivity index (χ0v) is 15.8. The Bertz CT molecular complexity index is 1080. The van der Waals surface area contributed by atoms with E-state index in [-0.39, 0.29) is 11.1 Å². The number of aryl methyl sites for hydroxylation is 1. The number of nitrogens with zero attached hydrogens (tertiary/aromatic N) is 2. The van der Waals surface area contributed by atoms with Crippen molar-refractivity contribution in [2.45, 2.75) is 6.92 Å². The van der Waals surface area contributed by atoms with E-state index in [4.69, 9.17) is 21.1 Å². The number of benzene rings is 1. The summed E-state index contributed by atoms with van der Waals surface area (Å²) in [5, 5.41) is 0.479. The lowest BCUT2D eigenvalue weighted by Gasteiger charge is -2.14. The van der Waals surface area contributed by atoms with E-state index in [1.165, 1.54) is 31.0 Å². The lowest BCUT2D eigenvalue weighted by atomic mass is 10.0. The van der Waals surface area contributed by atoms with Crippen LogP contribution in [0.15, 0.2) is 53.6 Å². The molecule has 0 radical (unpaired) electrons. The zero-order valence-electron chi connectivity index (χ0n) is 15.0. The summed E-state index contributed by atoms with van der Waals surface area (Å²) >= 11 is 6.15. The number of ether oxygens (including phenoxy) is 2. The van der Waals surface area contributed by atoms with E-state index in [0.29, 0.717) is 27.7 Å². The summed E-state index contributed by atoms with van der Waals surface area (Å²) < 4.78 is 11.7. The van der Waals surface area contributed by atoms with Crippen molar-refractivity contribution in [3.63, 3.8) is 0 Å². The second-order valence-electron chi connectivity index (χ2n) is 5.84. The number of hydrogen-bond acceptors (Lipinski definition) is 5. The fourth-order valence-corrected chi connectivity index (χ4v) is 2.90. The van der Waals surface area contributed by atoms with Gasteiger partial charge in [0.25, 0.3) is 5.56 Å². The van der Waals surface area contributed by atoms with Gasteiger partial charge in [0.05, 0.1) is 19.8 Å². The van der Waals surface area contributed by atoms with Gasteiger partial charge in [0.15, 0.2) is 0 Å². The van der Waals surface area contributed by atoms with Crippen molar-refractivity contribution < 1.29 is 14.3 Å². The quantitative estimate of drug-likeness (QED) is 0.642. The van der Waals surface area contributed by atoms with Crippen LogP contribution < -0.4 is 10.3 Å². The lowest BCUT2D eigenvalue weighted by Crippen LogP contribution is -2.18. The van der Waals surface area contributed by atoms with Crippen LogP contribution in [0.4, 0.5) is 0 Å². The van der Waals surface area contributed by atoms with E-state index in [0.717, 1.165) is 5.56 Å². The molecule has 0 bridgehead atoms. The molecule has 0 aliphatic rings. The van der Waals surface area contributed by atoms with Crippen molar-refractivity contribution in [2.24, 2.45) is 0 Å². The molecule has 27 heavy (non-hydrogen) atoms. The van der Waals surface area contributed by atoms with Crippen LogP contribution in [-0.2, 0) is 4.74 Å². The third-order valence-electron chi connectivity index (χ3n) is 4.07. The predicted molar refractivity (Wildman–Crippen MR) is 103 cm³/mol. The summed E-state index contributed by atoms with van der Waals surface area (Å²) in [6.45, 7) is 1.84. The second-order valence-corrected chi connectivity index (χ2v) is 6.27. The fourth-order valence-electron chi connectivity index (χ4n) is 2.73. The Morgan fingerprint density at radius 3 is 2.56 bits per heavy atom. The standard InChI is InChI=1S/C20H17ClN2O4/c1-12-6-7-23(19(24)8-12)18-10-14(16(11-22-18)20(25)27-3)15-9-13(21)4-5-17(15)26-2/h4-11H,1-3H3. The van der Waals surface area contributed by atoms with Gasteiger partial charge < -0.3 is 9.47 Å². The van der Waals surface area contributed by atoms with Crippen LogP contribution in [0.25, 0.3) is 16.9 Å². The van der Waals surface area contributed by atoms with E-state index in [1.807, 2.05) is 6.92 Å². The van der Waals surface area contributed by atoms with Gasteiger partial charge in [-0.2, -0.15) is 0 Å². The number of pyridine rings is 2. The highest BCUT2D eigenvalue weighted by molar-refractivity contribution is 6.31. The summed E-state index contributed by atoms with van der Waals surface area (Å²) in [4.78, 5) is 28.8. The van der Waals surface area contributed by atoms with Crippen molar-refractivity contribution in [1.29, 1.82) is 0 Å². The lowest BCUT2D eigenvalue weighted by molar-refractivity contribution is 0.0601. The first-order valence-electron chi connectivity index (χ1n) is 8.06. The van der Waals surface area contributed by atoms with Crippen LogP contribution in [0.2, 0.25) is 5.02 Å². The maximum Gasteiger partial charge on any atom is 0.340 e. The Morgan fingerprint density at radius 1 is 1.11 bits per heavy atom. The predicted octanol–water partition coefficient (Wildman–Crippen LogP) is 3.66. The molecule has 1 aromatic carbocycles.